The lowest BCUT2D eigenvalue weighted by atomic mass is 10.0. The van der Waals surface area contributed by atoms with E-state index in [1.54, 1.807) is 18.2 Å². The highest BCUT2D eigenvalue weighted by molar-refractivity contribution is 5.94. The van der Waals surface area contributed by atoms with Gasteiger partial charge in [-0.25, -0.2) is 9.80 Å². The van der Waals surface area contributed by atoms with Crippen molar-refractivity contribution in [3.63, 3.8) is 0 Å². The van der Waals surface area contributed by atoms with Gasteiger partial charge in [0.15, 0.2) is 0 Å². The number of amides is 1. The highest BCUT2D eigenvalue weighted by Gasteiger charge is 2.14. The summed E-state index contributed by atoms with van der Waals surface area (Å²) in [5.74, 6) is -1.17. The summed E-state index contributed by atoms with van der Waals surface area (Å²) in [5.41, 5.74) is 5.01. The summed E-state index contributed by atoms with van der Waals surface area (Å²) in [6.45, 7) is 4.40. The minimum absolute atomic E-state index is 0.172. The van der Waals surface area contributed by atoms with Gasteiger partial charge in [-0.15, -0.1) is 0 Å². The third kappa shape index (κ3) is 4.40. The number of nitrogens with one attached hydrogen (secondary N) is 1. The van der Waals surface area contributed by atoms with Crippen molar-refractivity contribution in [3.05, 3.63) is 41.0 Å². The molecule has 1 fully saturated rings. The first-order chi connectivity index (χ1) is 10.1. The number of carbonyl (C=O) groups is 2. The molecule has 1 aromatic carbocycles. The standard InChI is InChI=1S/C15H18N2O4/c1-11-10-13(3-2-12(11)4-5-14(18)19)15(20)16-17-6-8-21-9-7-17/h2-5,10H,6-9H2,1H3,(H,16,20)(H,18,19)/b5-4+. The Balaban J connectivity index is 2.04. The number of carboxylic acids is 1. The number of carboxylic acid groups (broad SMARTS) is 1. The molecule has 6 heteroatoms. The number of carbonyl (C=O) groups excluding carboxylic acids is 1. The van der Waals surface area contributed by atoms with Crippen molar-refractivity contribution in [2.45, 2.75) is 6.92 Å². The van der Waals surface area contributed by atoms with Gasteiger partial charge < -0.3 is 9.84 Å². The molecule has 0 saturated carbocycles. The topological polar surface area (TPSA) is 78.9 Å². The van der Waals surface area contributed by atoms with Crippen LogP contribution >= 0.6 is 0 Å². The van der Waals surface area contributed by atoms with Crippen LogP contribution in [0.4, 0.5) is 0 Å². The van der Waals surface area contributed by atoms with Crippen LogP contribution in [0.1, 0.15) is 21.5 Å². The fraction of sp³-hybridized carbons (Fsp3) is 0.333. The number of aryl methyl sites for hydroxylation is 1. The van der Waals surface area contributed by atoms with Crippen molar-refractivity contribution in [1.29, 1.82) is 0 Å². The summed E-state index contributed by atoms with van der Waals surface area (Å²) in [7, 11) is 0. The number of rotatable bonds is 4. The maximum absolute atomic E-state index is 12.1. The molecule has 21 heavy (non-hydrogen) atoms. The Hall–Kier alpha value is -2.18. The van der Waals surface area contributed by atoms with Gasteiger partial charge in [0.1, 0.15) is 0 Å². The van der Waals surface area contributed by atoms with E-state index < -0.39 is 5.97 Å². The number of aliphatic carboxylic acids is 1. The Kier molecular flexibility index (Phi) is 5.08. The summed E-state index contributed by atoms with van der Waals surface area (Å²) in [6.07, 6.45) is 2.59. The van der Waals surface area contributed by atoms with Gasteiger partial charge >= 0.3 is 5.97 Å². The van der Waals surface area contributed by atoms with Crippen molar-refractivity contribution in [3.8, 4) is 0 Å². The van der Waals surface area contributed by atoms with Gasteiger partial charge in [0.25, 0.3) is 5.91 Å². The van der Waals surface area contributed by atoms with Gasteiger partial charge in [-0.1, -0.05) is 6.07 Å². The molecular weight excluding hydrogens is 272 g/mol. The molecule has 0 unspecified atom stereocenters. The lowest BCUT2D eigenvalue weighted by molar-refractivity contribution is -0.131. The van der Waals surface area contributed by atoms with Gasteiger partial charge in [-0.05, 0) is 36.3 Å². The van der Waals surface area contributed by atoms with Crippen LogP contribution in [0.3, 0.4) is 0 Å². The zero-order chi connectivity index (χ0) is 15.2. The number of hydrazine groups is 1. The van der Waals surface area contributed by atoms with Gasteiger partial charge in [0, 0.05) is 24.7 Å². The Morgan fingerprint density at radius 1 is 1.33 bits per heavy atom. The molecular formula is C15H18N2O4. The first kappa shape index (κ1) is 15.2. The van der Waals surface area contributed by atoms with E-state index >= 15 is 0 Å². The van der Waals surface area contributed by atoms with Crippen molar-refractivity contribution < 1.29 is 19.4 Å². The second-order valence-corrected chi connectivity index (χ2v) is 4.78. The highest BCUT2D eigenvalue weighted by Crippen LogP contribution is 2.13. The molecule has 1 heterocycles. The van der Waals surface area contributed by atoms with Gasteiger partial charge in [-0.2, -0.15) is 0 Å². The number of morpholine rings is 1. The van der Waals surface area contributed by atoms with Crippen LogP contribution in [-0.2, 0) is 9.53 Å². The average molecular weight is 290 g/mol. The molecule has 0 spiro atoms. The molecule has 112 valence electrons. The van der Waals surface area contributed by atoms with Crippen LogP contribution in [0.5, 0.6) is 0 Å². The lowest BCUT2D eigenvalue weighted by Crippen LogP contribution is -2.48. The van der Waals surface area contributed by atoms with Gasteiger partial charge in [0.2, 0.25) is 0 Å². The molecule has 0 bridgehead atoms. The van der Waals surface area contributed by atoms with Crippen molar-refractivity contribution in [2.75, 3.05) is 26.3 Å². The Bertz CT molecular complexity index is 563. The molecule has 1 aliphatic rings. The third-order valence-corrected chi connectivity index (χ3v) is 3.21. The maximum Gasteiger partial charge on any atom is 0.328 e. The van der Waals surface area contributed by atoms with Crippen LogP contribution in [0, 0.1) is 6.92 Å². The van der Waals surface area contributed by atoms with E-state index in [2.05, 4.69) is 5.43 Å². The van der Waals surface area contributed by atoms with Gasteiger partial charge in [0.05, 0.1) is 13.2 Å². The smallest absolute Gasteiger partial charge is 0.328 e. The van der Waals surface area contributed by atoms with E-state index in [1.165, 1.54) is 6.08 Å². The lowest BCUT2D eigenvalue weighted by Gasteiger charge is -2.27. The molecule has 1 aliphatic heterocycles. The Labute approximate surface area is 123 Å². The van der Waals surface area contributed by atoms with E-state index in [9.17, 15) is 9.59 Å². The average Bonchev–Trinajstić information content (AvgIpc) is 2.46. The molecule has 1 aromatic rings. The molecule has 0 atom stereocenters. The van der Waals surface area contributed by atoms with Gasteiger partial charge in [-0.3, -0.25) is 10.2 Å². The number of hydrogen-bond donors (Lipinski definition) is 2. The quantitative estimate of drug-likeness (QED) is 0.811. The van der Waals surface area contributed by atoms with E-state index in [0.717, 1.165) is 17.2 Å². The third-order valence-electron chi connectivity index (χ3n) is 3.21. The Morgan fingerprint density at radius 3 is 2.67 bits per heavy atom. The summed E-state index contributed by atoms with van der Waals surface area (Å²) in [4.78, 5) is 22.7. The molecule has 2 N–H and O–H groups in total. The van der Waals surface area contributed by atoms with Crippen LogP contribution < -0.4 is 5.43 Å². The summed E-state index contributed by atoms with van der Waals surface area (Å²) in [5, 5.41) is 10.5. The highest BCUT2D eigenvalue weighted by atomic mass is 16.5. The zero-order valence-corrected chi connectivity index (χ0v) is 11.8. The van der Waals surface area contributed by atoms with Crippen molar-refractivity contribution >= 4 is 18.0 Å². The predicted molar refractivity (Wildman–Crippen MR) is 77.7 cm³/mol. The number of hydrogen-bond acceptors (Lipinski definition) is 4. The van der Waals surface area contributed by atoms with Crippen molar-refractivity contribution in [1.82, 2.24) is 10.4 Å². The molecule has 1 saturated heterocycles. The largest absolute Gasteiger partial charge is 0.478 e. The molecule has 1 amide bonds. The van der Waals surface area contributed by atoms with Crippen LogP contribution in [0.2, 0.25) is 0 Å². The summed E-state index contributed by atoms with van der Waals surface area (Å²) < 4.78 is 5.22. The molecule has 6 nitrogen and oxygen atoms in total. The number of nitrogens with zero attached hydrogens (tertiary/aromatic N) is 1. The minimum atomic E-state index is -0.997. The fourth-order valence-electron chi connectivity index (χ4n) is 2.05. The SMILES string of the molecule is Cc1cc(C(=O)NN2CCOCC2)ccc1/C=C/C(=O)O. The Morgan fingerprint density at radius 2 is 2.05 bits per heavy atom. The first-order valence-corrected chi connectivity index (χ1v) is 6.71. The monoisotopic (exact) mass is 290 g/mol. The minimum Gasteiger partial charge on any atom is -0.478 e. The van der Waals surface area contributed by atoms with E-state index in [1.807, 2.05) is 11.9 Å². The second-order valence-electron chi connectivity index (χ2n) is 4.78. The molecule has 2 rings (SSSR count). The summed E-state index contributed by atoms with van der Waals surface area (Å²) in [6, 6.07) is 5.17. The van der Waals surface area contributed by atoms with E-state index in [0.29, 0.717) is 31.9 Å². The van der Waals surface area contributed by atoms with E-state index in [4.69, 9.17) is 9.84 Å². The predicted octanol–water partition coefficient (Wildman–Crippen LogP) is 1.07. The van der Waals surface area contributed by atoms with Crippen LogP contribution in [0.15, 0.2) is 24.3 Å². The molecule has 0 aromatic heterocycles. The fourth-order valence-corrected chi connectivity index (χ4v) is 2.05. The maximum atomic E-state index is 12.1. The van der Waals surface area contributed by atoms with Crippen LogP contribution in [-0.4, -0.2) is 48.3 Å². The van der Waals surface area contributed by atoms with Crippen LogP contribution in [0.25, 0.3) is 6.08 Å². The molecule has 0 radical (unpaired) electrons. The summed E-state index contributed by atoms with van der Waals surface area (Å²) >= 11 is 0. The zero-order valence-electron chi connectivity index (χ0n) is 11.8. The molecule has 0 aliphatic carbocycles. The second kappa shape index (κ2) is 7.01. The first-order valence-electron chi connectivity index (χ1n) is 6.71. The van der Waals surface area contributed by atoms with E-state index in [-0.39, 0.29) is 5.91 Å². The number of benzene rings is 1. The normalized spacial score (nSPS) is 16.0. The number of ether oxygens (including phenoxy) is 1. The van der Waals surface area contributed by atoms with Crippen molar-refractivity contribution in [2.24, 2.45) is 0 Å².